The summed E-state index contributed by atoms with van der Waals surface area (Å²) < 4.78 is 6.98. The molecule has 1 unspecified atom stereocenters. The van der Waals surface area contributed by atoms with Gasteiger partial charge in [0.15, 0.2) is 0 Å². The van der Waals surface area contributed by atoms with Crippen molar-refractivity contribution in [3.8, 4) is 0 Å². The average molecular weight is 329 g/mol. The van der Waals surface area contributed by atoms with E-state index in [-0.39, 0.29) is 0 Å². The van der Waals surface area contributed by atoms with Gasteiger partial charge in [-0.25, -0.2) is 0 Å². The van der Waals surface area contributed by atoms with Crippen LogP contribution in [0.25, 0.3) is 0 Å². The SMILES string of the molecule is CCCC[Si](C)(O[Si](C)(C)c1ccccc1)c1ccccc1. The lowest BCUT2D eigenvalue weighted by Gasteiger charge is -2.37. The van der Waals surface area contributed by atoms with Crippen LogP contribution >= 0.6 is 0 Å². The first kappa shape index (κ1) is 17.2. The average Bonchev–Trinajstić information content (AvgIpc) is 2.54. The fourth-order valence-corrected chi connectivity index (χ4v) is 12.1. The van der Waals surface area contributed by atoms with E-state index in [0.29, 0.717) is 0 Å². The topological polar surface area (TPSA) is 9.23 Å². The molecule has 118 valence electrons. The predicted octanol–water partition coefficient (Wildman–Crippen LogP) is 4.40. The molecule has 2 aromatic rings. The van der Waals surface area contributed by atoms with Crippen LogP contribution in [-0.4, -0.2) is 16.6 Å². The molecular formula is C19H28OSi2. The number of hydrogen-bond acceptors (Lipinski definition) is 1. The lowest BCUT2D eigenvalue weighted by atomic mass is 10.4. The lowest BCUT2D eigenvalue weighted by Crippen LogP contribution is -2.59. The van der Waals surface area contributed by atoms with Crippen molar-refractivity contribution in [3.63, 3.8) is 0 Å². The Kier molecular flexibility index (Phi) is 5.78. The molecule has 0 amide bonds. The van der Waals surface area contributed by atoms with Gasteiger partial charge in [-0.15, -0.1) is 0 Å². The molecule has 0 N–H and O–H groups in total. The van der Waals surface area contributed by atoms with Crippen LogP contribution in [0.5, 0.6) is 0 Å². The Bertz CT molecular complexity index is 569. The van der Waals surface area contributed by atoms with E-state index in [0.717, 1.165) is 0 Å². The monoisotopic (exact) mass is 328 g/mol. The van der Waals surface area contributed by atoms with Gasteiger partial charge in [-0.3, -0.25) is 0 Å². The molecule has 0 radical (unpaired) electrons. The van der Waals surface area contributed by atoms with Gasteiger partial charge in [0.05, 0.1) is 0 Å². The van der Waals surface area contributed by atoms with Crippen molar-refractivity contribution in [1.82, 2.24) is 0 Å². The Morgan fingerprint density at radius 3 is 1.77 bits per heavy atom. The molecule has 22 heavy (non-hydrogen) atoms. The second-order valence-corrected chi connectivity index (χ2v) is 14.6. The van der Waals surface area contributed by atoms with E-state index in [1.54, 1.807) is 0 Å². The second-order valence-electron chi connectivity index (χ2n) is 6.68. The molecule has 0 saturated carbocycles. The van der Waals surface area contributed by atoms with E-state index in [4.69, 9.17) is 4.12 Å². The summed E-state index contributed by atoms with van der Waals surface area (Å²) in [5.41, 5.74) is 0. The minimum Gasteiger partial charge on any atom is -0.449 e. The minimum absolute atomic E-state index is 1.21. The van der Waals surface area contributed by atoms with E-state index in [2.05, 4.69) is 87.2 Å². The molecule has 0 heterocycles. The summed E-state index contributed by atoms with van der Waals surface area (Å²) >= 11 is 0. The molecule has 0 saturated heterocycles. The Hall–Kier alpha value is -1.17. The van der Waals surface area contributed by atoms with Gasteiger partial charge in [0, 0.05) is 0 Å². The summed E-state index contributed by atoms with van der Waals surface area (Å²) in [6, 6.07) is 22.9. The fourth-order valence-electron chi connectivity index (χ4n) is 3.02. The highest BCUT2D eigenvalue weighted by atomic mass is 28.4. The Labute approximate surface area is 137 Å². The Balaban J connectivity index is 2.30. The van der Waals surface area contributed by atoms with Crippen LogP contribution < -0.4 is 10.4 Å². The molecule has 0 aliphatic heterocycles. The van der Waals surface area contributed by atoms with Crippen LogP contribution in [0.4, 0.5) is 0 Å². The fraction of sp³-hybridized carbons (Fsp3) is 0.368. The first-order chi connectivity index (χ1) is 10.5. The number of unbranched alkanes of at least 4 members (excludes halogenated alkanes) is 1. The zero-order valence-corrected chi connectivity index (χ0v) is 16.3. The molecule has 0 aromatic heterocycles. The summed E-state index contributed by atoms with van der Waals surface area (Å²) in [4.78, 5) is 0. The van der Waals surface area contributed by atoms with Gasteiger partial charge in [0.2, 0.25) is 16.6 Å². The summed E-state index contributed by atoms with van der Waals surface area (Å²) in [5.74, 6) is 0. The van der Waals surface area contributed by atoms with Crippen molar-refractivity contribution in [1.29, 1.82) is 0 Å². The van der Waals surface area contributed by atoms with Gasteiger partial charge in [-0.2, -0.15) is 0 Å². The molecule has 0 aliphatic carbocycles. The number of hydrogen-bond donors (Lipinski definition) is 0. The molecule has 0 bridgehead atoms. The normalized spacial score (nSPS) is 14.5. The van der Waals surface area contributed by atoms with Crippen LogP contribution in [0, 0.1) is 0 Å². The molecule has 0 spiro atoms. The standard InChI is InChI=1S/C19H28OSi2/c1-5-6-17-22(4,19-15-11-8-12-16-19)20-21(2,3)18-13-9-7-10-14-18/h7-16H,5-6,17H2,1-4H3. The molecule has 3 heteroatoms. The molecule has 2 rings (SSSR count). The smallest absolute Gasteiger partial charge is 0.209 e. The number of benzene rings is 2. The lowest BCUT2D eigenvalue weighted by molar-refractivity contribution is 0.557. The van der Waals surface area contributed by atoms with Crippen molar-refractivity contribution in [2.45, 2.75) is 45.5 Å². The highest BCUT2D eigenvalue weighted by Gasteiger charge is 2.38. The molecule has 0 fully saturated rings. The molecule has 1 atom stereocenters. The zero-order valence-electron chi connectivity index (χ0n) is 14.3. The van der Waals surface area contributed by atoms with Gasteiger partial charge in [0.25, 0.3) is 0 Å². The van der Waals surface area contributed by atoms with Crippen molar-refractivity contribution in [2.75, 3.05) is 0 Å². The highest BCUT2D eigenvalue weighted by Crippen LogP contribution is 2.21. The summed E-state index contributed by atoms with van der Waals surface area (Å²) in [5, 5.41) is 2.82. The van der Waals surface area contributed by atoms with E-state index < -0.39 is 16.6 Å². The van der Waals surface area contributed by atoms with E-state index in [9.17, 15) is 0 Å². The van der Waals surface area contributed by atoms with Gasteiger partial charge in [-0.1, -0.05) is 80.4 Å². The van der Waals surface area contributed by atoms with Gasteiger partial charge >= 0.3 is 0 Å². The van der Waals surface area contributed by atoms with Gasteiger partial charge < -0.3 is 4.12 Å². The molecule has 0 aliphatic rings. The number of rotatable bonds is 7. The third-order valence-electron chi connectivity index (χ3n) is 4.34. The summed E-state index contributed by atoms with van der Waals surface area (Å²) in [6.45, 7) is 9.33. The first-order valence-corrected chi connectivity index (χ1v) is 13.8. The van der Waals surface area contributed by atoms with Crippen LogP contribution in [-0.2, 0) is 4.12 Å². The van der Waals surface area contributed by atoms with Crippen LogP contribution in [0.15, 0.2) is 60.7 Å². The van der Waals surface area contributed by atoms with Crippen LogP contribution in [0.1, 0.15) is 19.8 Å². The molecule has 2 aromatic carbocycles. The first-order valence-electron chi connectivity index (χ1n) is 8.29. The zero-order chi connectivity index (χ0) is 16.1. The van der Waals surface area contributed by atoms with Crippen LogP contribution in [0.3, 0.4) is 0 Å². The minimum atomic E-state index is -1.90. The van der Waals surface area contributed by atoms with Crippen molar-refractivity contribution in [2.24, 2.45) is 0 Å². The van der Waals surface area contributed by atoms with Crippen molar-refractivity contribution < 1.29 is 4.12 Å². The highest BCUT2D eigenvalue weighted by molar-refractivity contribution is 6.97. The van der Waals surface area contributed by atoms with Crippen LogP contribution in [0.2, 0.25) is 25.7 Å². The maximum Gasteiger partial charge on any atom is 0.209 e. The summed E-state index contributed by atoms with van der Waals surface area (Å²) in [6.07, 6.45) is 2.48. The van der Waals surface area contributed by atoms with Crippen molar-refractivity contribution in [3.05, 3.63) is 60.7 Å². The molecular weight excluding hydrogens is 300 g/mol. The summed E-state index contributed by atoms with van der Waals surface area (Å²) in [7, 11) is -3.79. The quantitative estimate of drug-likeness (QED) is 0.685. The molecule has 1 nitrogen and oxygen atoms in total. The van der Waals surface area contributed by atoms with Gasteiger partial charge in [0.1, 0.15) is 0 Å². The second kappa shape index (κ2) is 7.40. The van der Waals surface area contributed by atoms with E-state index in [1.807, 2.05) is 0 Å². The van der Waals surface area contributed by atoms with Crippen molar-refractivity contribution >= 4 is 27.0 Å². The van der Waals surface area contributed by atoms with Gasteiger partial charge in [-0.05, 0) is 36.1 Å². The van der Waals surface area contributed by atoms with E-state index in [1.165, 1.54) is 29.3 Å². The third-order valence-corrected chi connectivity index (χ3v) is 12.8. The largest absolute Gasteiger partial charge is 0.449 e. The maximum atomic E-state index is 6.98. The third kappa shape index (κ3) is 4.18. The predicted molar refractivity (Wildman–Crippen MR) is 102 cm³/mol. The Morgan fingerprint density at radius 2 is 1.27 bits per heavy atom. The van der Waals surface area contributed by atoms with E-state index >= 15 is 0 Å². The maximum absolute atomic E-state index is 6.98. The Morgan fingerprint density at radius 1 is 0.773 bits per heavy atom.